The van der Waals surface area contributed by atoms with Crippen LogP contribution in [0.1, 0.15) is 0 Å². The van der Waals surface area contributed by atoms with Crippen molar-refractivity contribution in [2.24, 2.45) is 0 Å². The van der Waals surface area contributed by atoms with Crippen LogP contribution >= 0.6 is 0 Å². The van der Waals surface area contributed by atoms with E-state index in [4.69, 9.17) is 24.1 Å². The zero-order valence-electron chi connectivity index (χ0n) is 16.9. The lowest BCUT2D eigenvalue weighted by Gasteiger charge is -2.41. The minimum Gasteiger partial charge on any atom is -0.394 e. The summed E-state index contributed by atoms with van der Waals surface area (Å²) in [6, 6.07) is 0. The molecule has 2 heterocycles. The van der Waals surface area contributed by atoms with Crippen molar-refractivity contribution in [3.63, 3.8) is 0 Å². The first-order chi connectivity index (χ1) is 15.1. The minimum atomic E-state index is -1.86. The lowest BCUT2D eigenvalue weighted by atomic mass is 9.99. The van der Waals surface area contributed by atoms with Crippen LogP contribution in [0.15, 0.2) is 0 Å². The predicted molar refractivity (Wildman–Crippen MR) is 97.5 cm³/mol. The van der Waals surface area contributed by atoms with Gasteiger partial charge in [0.15, 0.2) is 12.6 Å². The first-order valence-corrected chi connectivity index (χ1v) is 9.92. The highest BCUT2D eigenvalue weighted by Crippen LogP contribution is 2.25. The fraction of sp³-hybridized carbons (Fsp3) is 1.00. The monoisotopic (exact) mass is 476 g/mol. The zero-order chi connectivity index (χ0) is 24.2. The fourth-order valence-corrected chi connectivity index (χ4v) is 3.33. The molecule has 11 N–H and O–H groups in total. The van der Waals surface area contributed by atoms with Gasteiger partial charge in [0.05, 0.1) is 26.4 Å². The third-order valence-electron chi connectivity index (χ3n) is 5.39. The molecule has 2 rings (SSSR count). The molecule has 2 aliphatic rings. The van der Waals surface area contributed by atoms with Gasteiger partial charge in [0, 0.05) is 0 Å². The van der Waals surface area contributed by atoms with Crippen molar-refractivity contribution in [2.75, 3.05) is 26.4 Å². The van der Waals surface area contributed by atoms with Gasteiger partial charge in [0.25, 0.3) is 0 Å². The second-order valence-corrected chi connectivity index (χ2v) is 7.64. The Bertz CT molecular complexity index is 550. The molecule has 13 atom stereocenters. The molecule has 0 amide bonds. The number of hydrogen-bond donors (Lipinski definition) is 11. The molecule has 0 aliphatic carbocycles. The summed E-state index contributed by atoms with van der Waals surface area (Å²) in [5, 5.41) is 107. The van der Waals surface area contributed by atoms with Crippen LogP contribution in [0.4, 0.5) is 0 Å². The van der Waals surface area contributed by atoms with E-state index < -0.39 is 106 Å². The van der Waals surface area contributed by atoms with E-state index in [1.165, 1.54) is 0 Å². The molecule has 0 spiro atoms. The Morgan fingerprint density at radius 2 is 1.12 bits per heavy atom. The molecule has 2 saturated heterocycles. The molecular weight excluding hydrogens is 444 g/mol. The molecule has 15 nitrogen and oxygen atoms in total. The Labute approximate surface area is 182 Å². The van der Waals surface area contributed by atoms with Crippen LogP contribution in [-0.4, -0.2) is 162 Å². The van der Waals surface area contributed by atoms with Crippen molar-refractivity contribution >= 4 is 0 Å². The first-order valence-electron chi connectivity index (χ1n) is 9.92. The van der Waals surface area contributed by atoms with Crippen molar-refractivity contribution in [1.82, 2.24) is 0 Å². The Morgan fingerprint density at radius 1 is 0.656 bits per heavy atom. The SMILES string of the molecule is OC[C@H](O[C@@H]1O[C@H](CO)[C@@H](O)[C@H](O)[C@H]1O)[C@H](O)[C@H](O)CO[C@@H]1O[C@H](CO)[C@@H](O)[C@H](O)[C@H]1O. The van der Waals surface area contributed by atoms with Gasteiger partial charge < -0.3 is 75.1 Å². The molecule has 0 aromatic rings. The van der Waals surface area contributed by atoms with E-state index in [0.717, 1.165) is 0 Å². The fourth-order valence-electron chi connectivity index (χ4n) is 3.33. The highest BCUT2D eigenvalue weighted by atomic mass is 16.7. The molecule has 0 aromatic heterocycles. The quantitative estimate of drug-likeness (QED) is 0.140. The van der Waals surface area contributed by atoms with E-state index in [-0.39, 0.29) is 0 Å². The number of hydrogen-bond acceptors (Lipinski definition) is 15. The van der Waals surface area contributed by atoms with Crippen molar-refractivity contribution in [2.45, 2.75) is 79.7 Å². The molecule has 0 bridgehead atoms. The summed E-state index contributed by atoms with van der Waals surface area (Å²) < 4.78 is 20.5. The third kappa shape index (κ3) is 6.09. The summed E-state index contributed by atoms with van der Waals surface area (Å²) in [4.78, 5) is 0. The molecule has 2 fully saturated rings. The van der Waals surface area contributed by atoms with E-state index in [0.29, 0.717) is 0 Å². The molecular formula is C17H32O15. The Balaban J connectivity index is 1.94. The summed E-state index contributed by atoms with van der Waals surface area (Å²) in [5.74, 6) is 0. The Kier molecular flexibility index (Phi) is 10.5. The van der Waals surface area contributed by atoms with Crippen molar-refractivity contribution in [3.8, 4) is 0 Å². The van der Waals surface area contributed by atoms with E-state index in [9.17, 15) is 51.1 Å². The maximum absolute atomic E-state index is 10.3. The topological polar surface area (TPSA) is 259 Å². The maximum Gasteiger partial charge on any atom is 0.187 e. The van der Waals surface area contributed by atoms with Gasteiger partial charge in [-0.3, -0.25) is 0 Å². The zero-order valence-corrected chi connectivity index (χ0v) is 16.9. The summed E-state index contributed by atoms with van der Waals surface area (Å²) in [6.07, 6.45) is -21.3. The first kappa shape index (κ1) is 27.6. The number of aliphatic hydroxyl groups is 11. The predicted octanol–water partition coefficient (Wildman–Crippen LogP) is -7.30. The second kappa shape index (κ2) is 12.2. The highest BCUT2D eigenvalue weighted by molar-refractivity contribution is 4.91. The summed E-state index contributed by atoms with van der Waals surface area (Å²) in [5.41, 5.74) is 0. The second-order valence-electron chi connectivity index (χ2n) is 7.64. The van der Waals surface area contributed by atoms with Crippen LogP contribution in [0.25, 0.3) is 0 Å². The maximum atomic E-state index is 10.3. The van der Waals surface area contributed by atoms with Crippen molar-refractivity contribution < 1.29 is 75.1 Å². The van der Waals surface area contributed by atoms with Gasteiger partial charge >= 0.3 is 0 Å². The molecule has 0 saturated carbocycles. The van der Waals surface area contributed by atoms with Crippen molar-refractivity contribution in [1.29, 1.82) is 0 Å². The molecule has 0 aromatic carbocycles. The largest absolute Gasteiger partial charge is 0.394 e. The van der Waals surface area contributed by atoms with Gasteiger partial charge in [-0.25, -0.2) is 0 Å². The van der Waals surface area contributed by atoms with Gasteiger partial charge in [0.1, 0.15) is 67.1 Å². The van der Waals surface area contributed by atoms with E-state index in [2.05, 4.69) is 0 Å². The molecule has 2 aliphatic heterocycles. The van der Waals surface area contributed by atoms with Crippen LogP contribution in [0.2, 0.25) is 0 Å². The van der Waals surface area contributed by atoms with Gasteiger partial charge in [0.2, 0.25) is 0 Å². The number of aliphatic hydroxyl groups excluding tert-OH is 11. The number of rotatable bonds is 10. The summed E-state index contributed by atoms with van der Waals surface area (Å²) in [7, 11) is 0. The lowest BCUT2D eigenvalue weighted by molar-refractivity contribution is -0.325. The average Bonchev–Trinajstić information content (AvgIpc) is 2.79. The summed E-state index contributed by atoms with van der Waals surface area (Å²) in [6.45, 7) is -3.05. The molecule has 15 heteroatoms. The Hall–Kier alpha value is -0.600. The van der Waals surface area contributed by atoms with Gasteiger partial charge in [-0.2, -0.15) is 0 Å². The van der Waals surface area contributed by atoms with Crippen LogP contribution in [-0.2, 0) is 18.9 Å². The number of ether oxygens (including phenoxy) is 4. The molecule has 190 valence electrons. The highest BCUT2D eigenvalue weighted by Gasteiger charge is 2.47. The molecule has 0 unspecified atom stereocenters. The van der Waals surface area contributed by atoms with Crippen LogP contribution in [0.5, 0.6) is 0 Å². The Morgan fingerprint density at radius 3 is 1.59 bits per heavy atom. The lowest BCUT2D eigenvalue weighted by Crippen LogP contribution is -2.61. The van der Waals surface area contributed by atoms with Crippen LogP contribution < -0.4 is 0 Å². The normalized spacial score (nSPS) is 43.6. The van der Waals surface area contributed by atoms with Crippen LogP contribution in [0.3, 0.4) is 0 Å². The van der Waals surface area contributed by atoms with Gasteiger partial charge in [-0.1, -0.05) is 0 Å². The minimum absolute atomic E-state index is 0.699. The molecule has 32 heavy (non-hydrogen) atoms. The van der Waals surface area contributed by atoms with Gasteiger partial charge in [-0.05, 0) is 0 Å². The van der Waals surface area contributed by atoms with E-state index in [1.807, 2.05) is 0 Å². The average molecular weight is 476 g/mol. The smallest absolute Gasteiger partial charge is 0.187 e. The summed E-state index contributed by atoms with van der Waals surface area (Å²) >= 11 is 0. The van der Waals surface area contributed by atoms with Crippen LogP contribution in [0, 0.1) is 0 Å². The van der Waals surface area contributed by atoms with E-state index >= 15 is 0 Å². The van der Waals surface area contributed by atoms with Crippen molar-refractivity contribution in [3.05, 3.63) is 0 Å². The molecule has 0 radical (unpaired) electrons. The van der Waals surface area contributed by atoms with Gasteiger partial charge in [-0.15, -0.1) is 0 Å². The van der Waals surface area contributed by atoms with E-state index in [1.54, 1.807) is 0 Å². The third-order valence-corrected chi connectivity index (χ3v) is 5.39. The standard InChI is InChI=1S/C17H32O15/c18-1-6(31-17-15(28)13(26)11(24)8(3-20)32-17)9(22)5(21)4-29-16-14(27)12(25)10(23)7(2-19)30-16/h5-28H,1-4H2/t5-,6+,7-,8-,9-,10-,11-,12+,13+,14-,15-,16-,17-/m1/s1.